The summed E-state index contributed by atoms with van der Waals surface area (Å²) in [6.45, 7) is 9.54. The second-order valence-corrected chi connectivity index (χ2v) is 3.41. The van der Waals surface area contributed by atoms with Crippen LogP contribution in [0.25, 0.3) is 0 Å². The summed E-state index contributed by atoms with van der Waals surface area (Å²) in [6, 6.07) is 0. The maximum absolute atomic E-state index is 5.59. The molecule has 78 valence electrons. The topological polar surface area (TPSA) is 9.23 Å². The Kier molecular flexibility index (Phi) is 14.0. The molecule has 1 fully saturated rings. The van der Waals surface area contributed by atoms with Gasteiger partial charge in [-0.2, -0.15) is 0 Å². The summed E-state index contributed by atoms with van der Waals surface area (Å²) < 4.78 is 5.59. The molecular weight excluding hydrogens is 386 g/mol. The van der Waals surface area contributed by atoms with E-state index >= 15 is 0 Å². The van der Waals surface area contributed by atoms with Gasteiger partial charge in [0.2, 0.25) is 0 Å². The molecule has 1 heterocycles. The van der Waals surface area contributed by atoms with Gasteiger partial charge in [-0.15, -0.1) is 0 Å². The van der Waals surface area contributed by atoms with Gasteiger partial charge in [-0.1, -0.05) is 34.1 Å². The number of hydrogen-bond donors (Lipinski definition) is 0. The Bertz CT molecular complexity index is 94.1. The maximum atomic E-state index is 5.59. The summed E-state index contributed by atoms with van der Waals surface area (Å²) in [5.74, 6) is 0.894. The summed E-state index contributed by atoms with van der Waals surface area (Å²) in [6.07, 6.45) is 5.64. The van der Waals surface area contributed by atoms with E-state index in [1.54, 1.807) is 0 Å². The first-order valence-corrected chi connectivity index (χ1v) is 5.44. The Labute approximate surface area is 107 Å². The first-order valence-electron chi connectivity index (χ1n) is 5.44. The Hall–Kier alpha value is 1.01. The molecule has 0 aliphatic carbocycles. The van der Waals surface area contributed by atoms with Crippen molar-refractivity contribution in [3.8, 4) is 0 Å². The van der Waals surface area contributed by atoms with Crippen LogP contribution in [-0.2, 0) is 4.74 Å². The predicted molar refractivity (Wildman–Crippen MR) is 54.4 cm³/mol. The Morgan fingerprint density at radius 1 is 1.31 bits per heavy atom. The third kappa shape index (κ3) is 8.04. The summed E-state index contributed by atoms with van der Waals surface area (Å²) in [5.41, 5.74) is 0. The van der Waals surface area contributed by atoms with Crippen LogP contribution in [0.1, 0.15) is 53.4 Å². The molecule has 1 rings (SSSR count). The van der Waals surface area contributed by atoms with E-state index in [1.165, 1.54) is 25.7 Å². The summed E-state index contributed by atoms with van der Waals surface area (Å²) in [5, 5.41) is 0. The predicted octanol–water partition coefficient (Wildman–Crippen LogP) is 3.63. The van der Waals surface area contributed by atoms with Crippen LogP contribution in [0.3, 0.4) is 0 Å². The van der Waals surface area contributed by atoms with Crippen molar-refractivity contribution >= 4 is 0 Å². The van der Waals surface area contributed by atoms with Crippen LogP contribution >= 0.6 is 0 Å². The van der Waals surface area contributed by atoms with Gasteiger partial charge in [0.1, 0.15) is 0 Å². The second-order valence-electron chi connectivity index (χ2n) is 3.41. The van der Waals surface area contributed by atoms with Crippen molar-refractivity contribution in [3.63, 3.8) is 0 Å². The molecule has 0 amide bonds. The van der Waals surface area contributed by atoms with E-state index in [0.717, 1.165) is 12.5 Å². The van der Waals surface area contributed by atoms with Gasteiger partial charge < -0.3 is 4.74 Å². The standard InChI is InChI=1S/C9H18O.C2H6.U/c1-3-4-9-7-8(2)5-6-10-9;1-2;/h8-9H,3-7H2,1-2H3;1-2H3;/t8-,9-;;/m1../s1. The molecule has 0 N–H and O–H groups in total. The van der Waals surface area contributed by atoms with Crippen molar-refractivity contribution in [3.05, 3.63) is 0 Å². The van der Waals surface area contributed by atoms with Gasteiger partial charge in [0.15, 0.2) is 0 Å². The van der Waals surface area contributed by atoms with Crippen molar-refractivity contribution in [1.82, 2.24) is 0 Å². The SMILES string of the molecule is CC.CCC[C@@H]1C[C@H](C)CCO1.[U]. The van der Waals surface area contributed by atoms with Gasteiger partial charge in [-0.05, 0) is 25.2 Å². The van der Waals surface area contributed by atoms with E-state index in [9.17, 15) is 0 Å². The minimum Gasteiger partial charge on any atom is -0.378 e. The maximum Gasteiger partial charge on any atom is 0.0577 e. The monoisotopic (exact) mass is 410 g/mol. The molecule has 13 heavy (non-hydrogen) atoms. The van der Waals surface area contributed by atoms with Crippen molar-refractivity contribution < 1.29 is 35.9 Å². The molecule has 0 bridgehead atoms. The average molecular weight is 410 g/mol. The van der Waals surface area contributed by atoms with E-state index in [2.05, 4.69) is 13.8 Å². The van der Waals surface area contributed by atoms with Crippen molar-refractivity contribution in [1.29, 1.82) is 0 Å². The summed E-state index contributed by atoms with van der Waals surface area (Å²) in [7, 11) is 0. The first kappa shape index (κ1) is 16.4. The molecule has 1 aliphatic rings. The van der Waals surface area contributed by atoms with E-state index in [4.69, 9.17) is 4.74 Å². The largest absolute Gasteiger partial charge is 0.378 e. The van der Waals surface area contributed by atoms with Crippen LogP contribution in [-0.4, -0.2) is 12.7 Å². The Balaban J connectivity index is 0. The van der Waals surface area contributed by atoms with E-state index < -0.39 is 0 Å². The van der Waals surface area contributed by atoms with E-state index in [-0.39, 0.29) is 31.1 Å². The van der Waals surface area contributed by atoms with Gasteiger partial charge in [-0.25, -0.2) is 0 Å². The Morgan fingerprint density at radius 2 is 1.92 bits per heavy atom. The van der Waals surface area contributed by atoms with Gasteiger partial charge in [0, 0.05) is 37.7 Å². The van der Waals surface area contributed by atoms with Crippen molar-refractivity contribution in [2.75, 3.05) is 6.61 Å². The number of hydrogen-bond acceptors (Lipinski definition) is 1. The van der Waals surface area contributed by atoms with Gasteiger partial charge in [0.05, 0.1) is 6.10 Å². The number of rotatable bonds is 2. The molecule has 0 radical (unpaired) electrons. The summed E-state index contributed by atoms with van der Waals surface area (Å²) in [4.78, 5) is 0. The van der Waals surface area contributed by atoms with E-state index in [1.807, 2.05) is 13.8 Å². The molecule has 1 saturated heterocycles. The molecule has 0 aromatic heterocycles. The average Bonchev–Trinajstić information content (AvgIpc) is 2.09. The zero-order valence-corrected chi connectivity index (χ0v) is 13.8. The molecule has 0 saturated carbocycles. The zero-order chi connectivity index (χ0) is 9.40. The molecule has 0 aromatic rings. The number of ether oxygens (including phenoxy) is 1. The molecule has 2 atom stereocenters. The molecule has 1 aliphatic heterocycles. The summed E-state index contributed by atoms with van der Waals surface area (Å²) >= 11 is 0. The molecule has 0 spiro atoms. The zero-order valence-electron chi connectivity index (χ0n) is 9.60. The fourth-order valence-corrected chi connectivity index (χ4v) is 1.59. The van der Waals surface area contributed by atoms with Crippen LogP contribution in [0.15, 0.2) is 0 Å². The van der Waals surface area contributed by atoms with Crippen molar-refractivity contribution in [2.45, 2.75) is 59.5 Å². The van der Waals surface area contributed by atoms with Crippen LogP contribution in [0, 0.1) is 37.0 Å². The van der Waals surface area contributed by atoms with Crippen LogP contribution in [0.2, 0.25) is 0 Å². The fourth-order valence-electron chi connectivity index (χ4n) is 1.59. The third-order valence-electron chi connectivity index (χ3n) is 2.24. The van der Waals surface area contributed by atoms with Gasteiger partial charge in [-0.3, -0.25) is 0 Å². The van der Waals surface area contributed by atoms with Crippen LogP contribution in [0.4, 0.5) is 0 Å². The second kappa shape index (κ2) is 11.1. The molecule has 0 aromatic carbocycles. The Morgan fingerprint density at radius 3 is 2.38 bits per heavy atom. The minimum atomic E-state index is 0. The van der Waals surface area contributed by atoms with Gasteiger partial charge >= 0.3 is 0 Å². The van der Waals surface area contributed by atoms with Crippen LogP contribution in [0.5, 0.6) is 0 Å². The molecule has 2 heteroatoms. The smallest absolute Gasteiger partial charge is 0.0577 e. The fraction of sp³-hybridized carbons (Fsp3) is 1.00. The van der Waals surface area contributed by atoms with Gasteiger partial charge in [0.25, 0.3) is 0 Å². The molecular formula is C11H24OU. The first-order chi connectivity index (χ1) is 5.83. The normalized spacial score (nSPS) is 26.8. The van der Waals surface area contributed by atoms with Crippen LogP contribution < -0.4 is 0 Å². The quantitative estimate of drug-likeness (QED) is 0.676. The van der Waals surface area contributed by atoms with Crippen molar-refractivity contribution in [2.24, 2.45) is 5.92 Å². The third-order valence-corrected chi connectivity index (χ3v) is 2.24. The molecule has 0 unspecified atom stereocenters. The molecule has 1 nitrogen and oxygen atoms in total. The minimum absolute atomic E-state index is 0. The van der Waals surface area contributed by atoms with E-state index in [0.29, 0.717) is 6.10 Å².